The van der Waals surface area contributed by atoms with Gasteiger partial charge in [0.25, 0.3) is 0 Å². The molecule has 0 radical (unpaired) electrons. The van der Waals surface area contributed by atoms with Gasteiger partial charge in [0, 0.05) is 31.7 Å². The highest BCUT2D eigenvalue weighted by Gasteiger charge is 2.13. The number of benzene rings is 1. The summed E-state index contributed by atoms with van der Waals surface area (Å²) in [5.41, 5.74) is 3.55. The molecule has 0 saturated heterocycles. The van der Waals surface area contributed by atoms with Gasteiger partial charge in [-0.25, -0.2) is 4.98 Å². The Morgan fingerprint density at radius 1 is 1.27 bits per heavy atom. The second-order valence-corrected chi connectivity index (χ2v) is 8.22. The molecule has 136 valence electrons. The first kappa shape index (κ1) is 18.7. The van der Waals surface area contributed by atoms with Crippen molar-refractivity contribution in [1.82, 2.24) is 14.5 Å². The van der Waals surface area contributed by atoms with E-state index in [2.05, 4.69) is 54.5 Å². The van der Waals surface area contributed by atoms with Crippen molar-refractivity contribution in [3.05, 3.63) is 64.6 Å². The van der Waals surface area contributed by atoms with E-state index in [1.807, 2.05) is 23.2 Å². The van der Waals surface area contributed by atoms with E-state index in [0.717, 1.165) is 10.8 Å². The Bertz CT molecular complexity index is 838. The van der Waals surface area contributed by atoms with Gasteiger partial charge in [-0.1, -0.05) is 37.7 Å². The highest BCUT2D eigenvalue weighted by Crippen LogP contribution is 2.23. The topological polar surface area (TPSA) is 38.1 Å². The van der Waals surface area contributed by atoms with Crippen LogP contribution in [-0.2, 0) is 11.3 Å². The Hall–Kier alpha value is -2.05. The fourth-order valence-electron chi connectivity index (χ4n) is 2.59. The van der Waals surface area contributed by atoms with Crippen LogP contribution in [0.3, 0.4) is 0 Å². The number of aromatic nitrogens is 2. The van der Waals surface area contributed by atoms with Gasteiger partial charge in [-0.2, -0.15) is 11.3 Å². The highest BCUT2D eigenvalue weighted by molar-refractivity contribution is 7.99. The number of carbonyl (C=O) groups is 1. The van der Waals surface area contributed by atoms with Gasteiger partial charge in [0.05, 0.1) is 5.75 Å². The van der Waals surface area contributed by atoms with Gasteiger partial charge >= 0.3 is 0 Å². The summed E-state index contributed by atoms with van der Waals surface area (Å²) in [5, 5.41) is 4.94. The zero-order chi connectivity index (χ0) is 18.5. The SMILES string of the molecule is CC(C)c1ccc(-n2ccnc2SCC(=O)N(C)Cc2ccsc2)cc1. The number of hydrogen-bond acceptors (Lipinski definition) is 4. The third-order valence-electron chi connectivity index (χ3n) is 4.20. The fourth-order valence-corrected chi connectivity index (χ4v) is 4.17. The lowest BCUT2D eigenvalue weighted by Gasteiger charge is -2.16. The molecular weight excluding hydrogens is 362 g/mol. The van der Waals surface area contributed by atoms with E-state index in [1.165, 1.54) is 22.9 Å². The van der Waals surface area contributed by atoms with Crippen molar-refractivity contribution in [3.8, 4) is 5.69 Å². The van der Waals surface area contributed by atoms with E-state index >= 15 is 0 Å². The van der Waals surface area contributed by atoms with Crippen LogP contribution in [0.5, 0.6) is 0 Å². The molecule has 1 aromatic carbocycles. The summed E-state index contributed by atoms with van der Waals surface area (Å²) in [6.07, 6.45) is 3.71. The number of amides is 1. The minimum atomic E-state index is 0.103. The minimum absolute atomic E-state index is 0.103. The molecular formula is C20H23N3OS2. The van der Waals surface area contributed by atoms with Crippen LogP contribution in [0.15, 0.2) is 58.6 Å². The van der Waals surface area contributed by atoms with Crippen LogP contribution in [0.2, 0.25) is 0 Å². The molecule has 0 atom stereocenters. The third-order valence-corrected chi connectivity index (χ3v) is 5.88. The van der Waals surface area contributed by atoms with E-state index in [0.29, 0.717) is 18.2 Å². The van der Waals surface area contributed by atoms with Crippen LogP contribution < -0.4 is 0 Å². The van der Waals surface area contributed by atoms with E-state index < -0.39 is 0 Å². The number of thiophene rings is 1. The van der Waals surface area contributed by atoms with Crippen molar-refractivity contribution in [2.24, 2.45) is 0 Å². The lowest BCUT2D eigenvalue weighted by molar-refractivity contribution is -0.127. The Kier molecular flexibility index (Phi) is 6.16. The zero-order valence-corrected chi connectivity index (χ0v) is 16.9. The summed E-state index contributed by atoms with van der Waals surface area (Å²) < 4.78 is 2.03. The summed E-state index contributed by atoms with van der Waals surface area (Å²) in [7, 11) is 1.84. The van der Waals surface area contributed by atoms with Gasteiger partial charge in [-0.05, 0) is 46.0 Å². The maximum Gasteiger partial charge on any atom is 0.233 e. The molecule has 0 aliphatic heterocycles. The maximum absolute atomic E-state index is 12.4. The predicted octanol–water partition coefficient (Wildman–Crippen LogP) is 4.81. The van der Waals surface area contributed by atoms with E-state index in [1.54, 1.807) is 22.4 Å². The Balaban J connectivity index is 1.62. The number of rotatable bonds is 7. The molecule has 0 spiro atoms. The Morgan fingerprint density at radius 3 is 2.69 bits per heavy atom. The van der Waals surface area contributed by atoms with E-state index in [-0.39, 0.29) is 5.91 Å². The quantitative estimate of drug-likeness (QED) is 0.548. The molecule has 6 heteroatoms. The lowest BCUT2D eigenvalue weighted by Crippen LogP contribution is -2.27. The first-order valence-electron chi connectivity index (χ1n) is 8.56. The van der Waals surface area contributed by atoms with E-state index in [4.69, 9.17) is 0 Å². The van der Waals surface area contributed by atoms with Gasteiger partial charge in [0.15, 0.2) is 5.16 Å². The van der Waals surface area contributed by atoms with Crippen molar-refractivity contribution in [2.75, 3.05) is 12.8 Å². The fraction of sp³-hybridized carbons (Fsp3) is 0.300. The van der Waals surface area contributed by atoms with Gasteiger partial charge in [0.2, 0.25) is 5.91 Å². The summed E-state index contributed by atoms with van der Waals surface area (Å²) >= 11 is 3.12. The van der Waals surface area contributed by atoms with Gasteiger partial charge in [-0.3, -0.25) is 9.36 Å². The van der Waals surface area contributed by atoms with Crippen molar-refractivity contribution in [2.45, 2.75) is 31.5 Å². The molecule has 0 unspecified atom stereocenters. The summed E-state index contributed by atoms with van der Waals surface area (Å²) in [6, 6.07) is 10.6. The van der Waals surface area contributed by atoms with Gasteiger partial charge < -0.3 is 4.90 Å². The van der Waals surface area contributed by atoms with Gasteiger partial charge in [0.1, 0.15) is 0 Å². The normalized spacial score (nSPS) is 11.1. The molecule has 3 aromatic rings. The van der Waals surface area contributed by atoms with Crippen molar-refractivity contribution in [3.63, 3.8) is 0 Å². The zero-order valence-electron chi connectivity index (χ0n) is 15.3. The smallest absolute Gasteiger partial charge is 0.233 e. The molecule has 0 bridgehead atoms. The monoisotopic (exact) mass is 385 g/mol. The number of imidazole rings is 1. The first-order valence-corrected chi connectivity index (χ1v) is 10.5. The van der Waals surface area contributed by atoms with Crippen LogP contribution in [0, 0.1) is 0 Å². The molecule has 0 aliphatic rings. The molecule has 1 amide bonds. The first-order chi connectivity index (χ1) is 12.5. The molecule has 0 fully saturated rings. The highest BCUT2D eigenvalue weighted by atomic mass is 32.2. The largest absolute Gasteiger partial charge is 0.341 e. The molecule has 26 heavy (non-hydrogen) atoms. The molecule has 4 nitrogen and oxygen atoms in total. The molecule has 2 heterocycles. The molecule has 3 rings (SSSR count). The number of carbonyl (C=O) groups excluding carboxylic acids is 1. The predicted molar refractivity (Wildman–Crippen MR) is 109 cm³/mol. The lowest BCUT2D eigenvalue weighted by atomic mass is 10.0. The molecule has 0 N–H and O–H groups in total. The third kappa shape index (κ3) is 4.56. The maximum atomic E-state index is 12.4. The average molecular weight is 386 g/mol. The number of hydrogen-bond donors (Lipinski definition) is 0. The minimum Gasteiger partial charge on any atom is -0.341 e. The summed E-state index contributed by atoms with van der Waals surface area (Å²) in [4.78, 5) is 18.6. The second-order valence-electron chi connectivity index (χ2n) is 6.50. The van der Waals surface area contributed by atoms with E-state index in [9.17, 15) is 4.79 Å². The molecule has 2 aromatic heterocycles. The summed E-state index contributed by atoms with van der Waals surface area (Å²) in [5.74, 6) is 0.991. The van der Waals surface area contributed by atoms with Gasteiger partial charge in [-0.15, -0.1) is 0 Å². The molecule has 0 saturated carbocycles. The van der Waals surface area contributed by atoms with Crippen molar-refractivity contribution >= 4 is 29.0 Å². The number of thioether (sulfide) groups is 1. The Morgan fingerprint density at radius 2 is 2.04 bits per heavy atom. The van der Waals surface area contributed by atoms with Crippen LogP contribution in [-0.4, -0.2) is 33.2 Å². The Labute approximate surface area is 162 Å². The van der Waals surface area contributed by atoms with Crippen LogP contribution in [0.4, 0.5) is 0 Å². The van der Waals surface area contributed by atoms with Crippen LogP contribution in [0.1, 0.15) is 30.9 Å². The second kappa shape index (κ2) is 8.56. The average Bonchev–Trinajstić information content (AvgIpc) is 3.31. The summed E-state index contributed by atoms with van der Waals surface area (Å²) in [6.45, 7) is 5.02. The van der Waals surface area contributed by atoms with Crippen molar-refractivity contribution < 1.29 is 4.79 Å². The molecule has 0 aliphatic carbocycles. The van der Waals surface area contributed by atoms with Crippen molar-refractivity contribution in [1.29, 1.82) is 0 Å². The standard InChI is InChI=1S/C20H23N3OS2/c1-15(2)17-4-6-18(7-5-17)23-10-9-21-20(23)26-14-19(24)22(3)12-16-8-11-25-13-16/h4-11,13,15H,12,14H2,1-3H3. The van der Waals surface area contributed by atoms with Crippen LogP contribution >= 0.6 is 23.1 Å². The van der Waals surface area contributed by atoms with Crippen LogP contribution in [0.25, 0.3) is 5.69 Å². The number of nitrogens with zero attached hydrogens (tertiary/aromatic N) is 3.